The van der Waals surface area contributed by atoms with Crippen molar-refractivity contribution in [3.05, 3.63) is 41.7 Å². The molecule has 2 N–H and O–H groups in total. The van der Waals surface area contributed by atoms with Crippen LogP contribution in [0, 0.1) is 17.6 Å². The predicted octanol–water partition coefficient (Wildman–Crippen LogP) is 1.68. The van der Waals surface area contributed by atoms with Crippen molar-refractivity contribution < 1.29 is 36.3 Å². The van der Waals surface area contributed by atoms with Crippen LogP contribution in [-0.4, -0.2) is 62.2 Å². The van der Waals surface area contributed by atoms with Crippen molar-refractivity contribution in [2.75, 3.05) is 31.6 Å². The number of nitrogens with one attached hydrogen (secondary N) is 2. The summed E-state index contributed by atoms with van der Waals surface area (Å²) in [7, 11) is -2.64. The molecule has 2 aliphatic heterocycles. The Hall–Kier alpha value is -3.19. The molecule has 1 aromatic heterocycles. The molecule has 0 aliphatic carbocycles. The van der Waals surface area contributed by atoms with Crippen molar-refractivity contribution in [2.45, 2.75) is 17.9 Å². The van der Waals surface area contributed by atoms with Gasteiger partial charge in [-0.3, -0.25) is 4.79 Å². The van der Waals surface area contributed by atoms with Crippen LogP contribution in [0.4, 0.5) is 19.3 Å². The number of nitrogens with zero attached hydrogens (tertiary/aromatic N) is 2. The first-order chi connectivity index (χ1) is 15.6. The van der Waals surface area contributed by atoms with Gasteiger partial charge in [0.05, 0.1) is 13.2 Å². The minimum absolute atomic E-state index is 0.0124. The number of fused-ring (bicyclic) bond motifs is 2. The summed E-state index contributed by atoms with van der Waals surface area (Å²) in [5.41, 5.74) is -0.125. The van der Waals surface area contributed by atoms with E-state index in [0.29, 0.717) is 0 Å². The van der Waals surface area contributed by atoms with E-state index in [9.17, 15) is 26.8 Å². The Bertz CT molecular complexity index is 1220. The minimum atomic E-state index is -4.10. The molecule has 2 aromatic rings. The molecule has 3 heterocycles. The van der Waals surface area contributed by atoms with Crippen molar-refractivity contribution >= 4 is 27.7 Å². The van der Waals surface area contributed by atoms with Crippen molar-refractivity contribution in [1.82, 2.24) is 14.2 Å². The van der Waals surface area contributed by atoms with Crippen LogP contribution in [0.15, 0.2) is 29.3 Å². The molecule has 0 spiro atoms. The number of anilines is 1. The fourth-order valence-corrected chi connectivity index (χ4v) is 5.41. The first-order valence-electron chi connectivity index (χ1n) is 10.1. The molecule has 0 saturated carbocycles. The summed E-state index contributed by atoms with van der Waals surface area (Å²) in [4.78, 5) is 26.1. The van der Waals surface area contributed by atoms with Crippen LogP contribution >= 0.6 is 0 Å². The number of hydrogen-bond acceptors (Lipinski definition) is 6. The molecule has 178 valence electrons. The second kappa shape index (κ2) is 8.63. The van der Waals surface area contributed by atoms with E-state index in [-0.39, 0.29) is 54.2 Å². The monoisotopic (exact) mass is 484 g/mol. The van der Waals surface area contributed by atoms with Crippen LogP contribution in [0.3, 0.4) is 0 Å². The highest BCUT2D eigenvalue weighted by Crippen LogP contribution is 2.34. The Morgan fingerprint density at radius 1 is 1.27 bits per heavy atom. The van der Waals surface area contributed by atoms with Gasteiger partial charge in [0.1, 0.15) is 4.90 Å². The number of aryl methyl sites for hydroxylation is 1. The minimum Gasteiger partial charge on any atom is -0.489 e. The van der Waals surface area contributed by atoms with Crippen LogP contribution in [0.25, 0.3) is 0 Å². The second-order valence-corrected chi connectivity index (χ2v) is 9.45. The topological polar surface area (TPSA) is 119 Å². The maximum absolute atomic E-state index is 13.5. The van der Waals surface area contributed by atoms with E-state index < -0.39 is 39.7 Å². The Balaban J connectivity index is 1.62. The van der Waals surface area contributed by atoms with Gasteiger partial charge in [-0.05, 0) is 19.1 Å². The first kappa shape index (κ1) is 23.0. The molecular weight excluding hydrogens is 462 g/mol. The summed E-state index contributed by atoms with van der Waals surface area (Å²) in [6.45, 7) is 2.23. The standard InChI is InChI=1S/C20H22F2N4O6S/c1-3-31-20(28)26-7-11-10-32-18-16(33(29,30)24-15(11)8-26)9-25(2)17(18)19(27)23-12-4-5-13(21)14(22)6-12/h4-6,9,11,15,24H,3,7-8,10H2,1-2H3,(H,23,27)/t11-,15-/m1/s1. The highest BCUT2D eigenvalue weighted by molar-refractivity contribution is 7.89. The van der Waals surface area contributed by atoms with Crippen LogP contribution < -0.4 is 14.8 Å². The van der Waals surface area contributed by atoms with Crippen LogP contribution in [0.1, 0.15) is 17.4 Å². The molecule has 4 rings (SSSR count). The average Bonchev–Trinajstić information content (AvgIpc) is 3.29. The van der Waals surface area contributed by atoms with Crippen molar-refractivity contribution in [2.24, 2.45) is 13.0 Å². The average molecular weight is 484 g/mol. The van der Waals surface area contributed by atoms with E-state index in [2.05, 4.69) is 10.0 Å². The number of likely N-dealkylation sites (tertiary alicyclic amines) is 1. The number of hydrogen-bond donors (Lipinski definition) is 2. The Morgan fingerprint density at radius 3 is 2.73 bits per heavy atom. The lowest BCUT2D eigenvalue weighted by Crippen LogP contribution is -2.43. The van der Waals surface area contributed by atoms with Crippen molar-refractivity contribution in [3.8, 4) is 5.75 Å². The molecule has 0 radical (unpaired) electrons. The molecule has 33 heavy (non-hydrogen) atoms. The third-order valence-corrected chi connectivity index (χ3v) is 6.98. The lowest BCUT2D eigenvalue weighted by molar-refractivity contribution is 0.101. The lowest BCUT2D eigenvalue weighted by atomic mass is 10.1. The summed E-state index contributed by atoms with van der Waals surface area (Å²) in [5, 5.41) is 2.42. The van der Waals surface area contributed by atoms with Crippen LogP contribution in [0.5, 0.6) is 5.75 Å². The number of halogens is 2. The van der Waals surface area contributed by atoms with Crippen molar-refractivity contribution in [1.29, 1.82) is 0 Å². The molecule has 2 atom stereocenters. The Labute approximate surface area is 188 Å². The molecule has 1 saturated heterocycles. The zero-order valence-electron chi connectivity index (χ0n) is 17.8. The van der Waals surface area contributed by atoms with Gasteiger partial charge in [0.15, 0.2) is 23.1 Å². The molecule has 0 unspecified atom stereocenters. The Kier molecular flexibility index (Phi) is 6.01. The molecule has 10 nitrogen and oxygen atoms in total. The normalized spacial score (nSPS) is 21.3. The van der Waals surface area contributed by atoms with Gasteiger partial charge < -0.3 is 24.3 Å². The summed E-state index contributed by atoms with van der Waals surface area (Å²) in [5.74, 6) is -3.52. The predicted molar refractivity (Wildman–Crippen MR) is 111 cm³/mol. The van der Waals surface area contributed by atoms with Gasteiger partial charge in [-0.15, -0.1) is 0 Å². The summed E-state index contributed by atoms with van der Waals surface area (Å²) in [6.07, 6.45) is 0.685. The molecular formula is C20H22F2N4O6S. The van der Waals surface area contributed by atoms with Gasteiger partial charge in [0.2, 0.25) is 10.0 Å². The number of benzene rings is 1. The van der Waals surface area contributed by atoms with E-state index >= 15 is 0 Å². The fourth-order valence-electron chi connectivity index (χ4n) is 3.92. The smallest absolute Gasteiger partial charge is 0.409 e. The van der Waals surface area contributed by atoms with Gasteiger partial charge in [0, 0.05) is 50.0 Å². The summed E-state index contributed by atoms with van der Waals surface area (Å²) < 4.78 is 67.5. The molecule has 2 amide bonds. The van der Waals surface area contributed by atoms with E-state index in [0.717, 1.165) is 12.1 Å². The number of carbonyl (C=O) groups is 2. The fraction of sp³-hybridized carbons (Fsp3) is 0.400. The molecule has 1 aromatic carbocycles. The quantitative estimate of drug-likeness (QED) is 0.684. The van der Waals surface area contributed by atoms with Gasteiger partial charge in [-0.25, -0.2) is 26.7 Å². The number of carbonyl (C=O) groups excluding carboxylic acids is 2. The second-order valence-electron chi connectivity index (χ2n) is 7.77. The van der Waals surface area contributed by atoms with E-state index in [4.69, 9.17) is 9.47 Å². The molecule has 0 bridgehead atoms. The molecule has 2 aliphatic rings. The largest absolute Gasteiger partial charge is 0.489 e. The van der Waals surface area contributed by atoms with E-state index in [1.54, 1.807) is 6.92 Å². The third kappa shape index (κ3) is 4.37. The Morgan fingerprint density at radius 2 is 2.03 bits per heavy atom. The number of sulfonamides is 1. The third-order valence-electron chi connectivity index (χ3n) is 5.50. The number of rotatable bonds is 3. The SMILES string of the molecule is CCOC(=O)N1C[C@@H]2COc3c(cn(C)c3C(=O)Nc3ccc(F)c(F)c3)S(=O)(=O)N[C@@H]2C1. The number of amides is 2. The lowest BCUT2D eigenvalue weighted by Gasteiger charge is -2.23. The summed E-state index contributed by atoms with van der Waals surface area (Å²) >= 11 is 0. The maximum Gasteiger partial charge on any atom is 0.409 e. The van der Waals surface area contributed by atoms with Gasteiger partial charge in [-0.1, -0.05) is 0 Å². The van der Waals surface area contributed by atoms with Gasteiger partial charge >= 0.3 is 6.09 Å². The number of aromatic nitrogens is 1. The number of ether oxygens (including phenoxy) is 2. The molecule has 13 heteroatoms. The zero-order valence-corrected chi connectivity index (χ0v) is 18.6. The molecule has 1 fully saturated rings. The summed E-state index contributed by atoms with van der Waals surface area (Å²) in [6, 6.07) is 2.26. The van der Waals surface area contributed by atoms with E-state index in [1.165, 1.54) is 28.8 Å². The maximum atomic E-state index is 13.5. The van der Waals surface area contributed by atoms with E-state index in [1.807, 2.05) is 0 Å². The van der Waals surface area contributed by atoms with Crippen LogP contribution in [-0.2, 0) is 21.8 Å². The van der Waals surface area contributed by atoms with Crippen LogP contribution in [0.2, 0.25) is 0 Å². The first-order valence-corrected chi connectivity index (χ1v) is 11.6. The highest BCUT2D eigenvalue weighted by atomic mass is 32.2. The highest BCUT2D eigenvalue weighted by Gasteiger charge is 2.42. The van der Waals surface area contributed by atoms with Crippen molar-refractivity contribution in [3.63, 3.8) is 0 Å². The van der Waals surface area contributed by atoms with Gasteiger partial charge in [-0.2, -0.15) is 0 Å². The van der Waals surface area contributed by atoms with Gasteiger partial charge in [0.25, 0.3) is 5.91 Å². The zero-order chi connectivity index (χ0) is 23.9.